The van der Waals surface area contributed by atoms with Crippen LogP contribution >= 0.6 is 0 Å². The minimum atomic E-state index is -3.49. The average Bonchev–Trinajstić information content (AvgIpc) is 2.73. The van der Waals surface area contributed by atoms with Gasteiger partial charge in [0.25, 0.3) is 5.91 Å². The number of rotatable bonds is 10. The maximum atomic E-state index is 12.5. The van der Waals surface area contributed by atoms with Crippen LogP contribution in [0.5, 0.6) is 11.5 Å². The summed E-state index contributed by atoms with van der Waals surface area (Å²) in [5.41, 5.74) is 1.25. The SMILES string of the molecule is CCOc1ccc(C(=O)NCc2ccc(S(=O)(=O)N(CC)CC)cc2)cc1OC. The smallest absolute Gasteiger partial charge is 0.251 e. The van der Waals surface area contributed by atoms with Gasteiger partial charge >= 0.3 is 0 Å². The van der Waals surface area contributed by atoms with Crippen LogP contribution in [0.4, 0.5) is 0 Å². The van der Waals surface area contributed by atoms with E-state index < -0.39 is 10.0 Å². The van der Waals surface area contributed by atoms with Crippen molar-refractivity contribution in [1.82, 2.24) is 9.62 Å². The number of methoxy groups -OCH3 is 1. The summed E-state index contributed by atoms with van der Waals surface area (Å²) in [5.74, 6) is 0.813. The van der Waals surface area contributed by atoms with Crippen molar-refractivity contribution in [2.24, 2.45) is 0 Å². The Morgan fingerprint density at radius 3 is 2.21 bits per heavy atom. The highest BCUT2D eigenvalue weighted by Gasteiger charge is 2.21. The number of hydrogen-bond acceptors (Lipinski definition) is 5. The largest absolute Gasteiger partial charge is 0.493 e. The third kappa shape index (κ3) is 5.48. The van der Waals surface area contributed by atoms with Crippen molar-refractivity contribution in [3.63, 3.8) is 0 Å². The molecule has 0 heterocycles. The molecule has 158 valence electrons. The molecule has 8 heteroatoms. The van der Waals surface area contributed by atoms with Gasteiger partial charge in [-0.15, -0.1) is 0 Å². The van der Waals surface area contributed by atoms with E-state index >= 15 is 0 Å². The van der Waals surface area contributed by atoms with Gasteiger partial charge in [-0.05, 0) is 42.8 Å². The van der Waals surface area contributed by atoms with Crippen LogP contribution in [-0.2, 0) is 16.6 Å². The first-order chi connectivity index (χ1) is 13.9. The predicted octanol–water partition coefficient (Wildman–Crippen LogP) is 3.05. The molecule has 0 aliphatic carbocycles. The number of carbonyl (C=O) groups is 1. The minimum absolute atomic E-state index is 0.243. The molecular weight excluding hydrogens is 392 g/mol. The van der Waals surface area contributed by atoms with E-state index in [0.717, 1.165) is 5.56 Å². The van der Waals surface area contributed by atoms with Gasteiger partial charge in [-0.2, -0.15) is 4.31 Å². The van der Waals surface area contributed by atoms with Gasteiger partial charge < -0.3 is 14.8 Å². The summed E-state index contributed by atoms with van der Waals surface area (Å²) in [6.07, 6.45) is 0. The topological polar surface area (TPSA) is 84.9 Å². The van der Waals surface area contributed by atoms with Crippen molar-refractivity contribution in [2.75, 3.05) is 26.8 Å². The van der Waals surface area contributed by atoms with E-state index in [4.69, 9.17) is 9.47 Å². The molecule has 1 amide bonds. The van der Waals surface area contributed by atoms with E-state index in [2.05, 4.69) is 5.32 Å². The summed E-state index contributed by atoms with van der Waals surface area (Å²) >= 11 is 0. The Hall–Kier alpha value is -2.58. The highest BCUT2D eigenvalue weighted by atomic mass is 32.2. The third-order valence-corrected chi connectivity index (χ3v) is 6.51. The molecule has 0 bridgehead atoms. The van der Waals surface area contributed by atoms with Crippen LogP contribution in [0, 0.1) is 0 Å². The maximum Gasteiger partial charge on any atom is 0.251 e. The van der Waals surface area contributed by atoms with Gasteiger partial charge in [0, 0.05) is 25.2 Å². The van der Waals surface area contributed by atoms with Crippen molar-refractivity contribution in [3.8, 4) is 11.5 Å². The second-order valence-electron chi connectivity index (χ2n) is 6.21. The van der Waals surface area contributed by atoms with Gasteiger partial charge in [-0.25, -0.2) is 8.42 Å². The number of hydrogen-bond donors (Lipinski definition) is 1. The number of sulfonamides is 1. The monoisotopic (exact) mass is 420 g/mol. The summed E-state index contributed by atoms with van der Waals surface area (Å²) in [5, 5.41) is 2.83. The fraction of sp³-hybridized carbons (Fsp3) is 0.381. The lowest BCUT2D eigenvalue weighted by atomic mass is 10.1. The molecule has 0 fully saturated rings. The fourth-order valence-electron chi connectivity index (χ4n) is 2.86. The molecule has 29 heavy (non-hydrogen) atoms. The molecule has 2 aromatic rings. The zero-order valence-electron chi connectivity index (χ0n) is 17.3. The molecule has 0 radical (unpaired) electrons. The quantitative estimate of drug-likeness (QED) is 0.639. The van der Waals surface area contributed by atoms with Crippen LogP contribution < -0.4 is 14.8 Å². The zero-order chi connectivity index (χ0) is 21.4. The summed E-state index contributed by atoms with van der Waals surface area (Å²) in [4.78, 5) is 12.7. The van der Waals surface area contributed by atoms with Crippen LogP contribution in [0.1, 0.15) is 36.7 Å². The number of amides is 1. The highest BCUT2D eigenvalue weighted by molar-refractivity contribution is 7.89. The molecule has 2 rings (SSSR count). The zero-order valence-corrected chi connectivity index (χ0v) is 18.1. The Labute approximate surface area is 172 Å². The Morgan fingerprint density at radius 1 is 1.00 bits per heavy atom. The Morgan fingerprint density at radius 2 is 1.66 bits per heavy atom. The van der Waals surface area contributed by atoms with Gasteiger partial charge in [0.15, 0.2) is 11.5 Å². The van der Waals surface area contributed by atoms with Crippen LogP contribution in [0.15, 0.2) is 47.4 Å². The summed E-state index contributed by atoms with van der Waals surface area (Å²) in [7, 11) is -1.97. The van der Waals surface area contributed by atoms with E-state index in [9.17, 15) is 13.2 Å². The Bertz CT molecular complexity index is 923. The standard InChI is InChI=1S/C21H28N2O5S/c1-5-23(6-2)29(25,26)18-11-8-16(9-12-18)15-22-21(24)17-10-13-19(28-7-3)20(14-17)27-4/h8-14H,5-7,15H2,1-4H3,(H,22,24). The van der Waals surface area contributed by atoms with Crippen molar-refractivity contribution >= 4 is 15.9 Å². The van der Waals surface area contributed by atoms with Crippen LogP contribution in [0.3, 0.4) is 0 Å². The molecular formula is C21H28N2O5S. The van der Waals surface area contributed by atoms with Gasteiger partial charge in [-0.1, -0.05) is 26.0 Å². The first kappa shape index (κ1) is 22.7. The molecule has 0 saturated carbocycles. The van der Waals surface area contributed by atoms with Gasteiger partial charge in [-0.3, -0.25) is 4.79 Å². The Kier molecular flexibility index (Phi) is 8.04. The van der Waals surface area contributed by atoms with Gasteiger partial charge in [0.1, 0.15) is 0 Å². The minimum Gasteiger partial charge on any atom is -0.493 e. The van der Waals surface area contributed by atoms with Crippen molar-refractivity contribution in [3.05, 3.63) is 53.6 Å². The van der Waals surface area contributed by atoms with Crippen LogP contribution in [-0.4, -0.2) is 45.4 Å². The van der Waals surface area contributed by atoms with Gasteiger partial charge in [0.05, 0.1) is 18.6 Å². The summed E-state index contributed by atoms with van der Waals surface area (Å²) in [6.45, 7) is 7.10. The molecule has 0 aromatic heterocycles. The first-order valence-corrected chi connectivity index (χ1v) is 11.0. The van der Waals surface area contributed by atoms with Crippen LogP contribution in [0.2, 0.25) is 0 Å². The normalized spacial score (nSPS) is 11.3. The molecule has 0 aliphatic rings. The number of nitrogens with one attached hydrogen (secondary N) is 1. The second kappa shape index (κ2) is 10.3. The molecule has 2 aromatic carbocycles. The van der Waals surface area contributed by atoms with E-state index in [-0.39, 0.29) is 17.3 Å². The molecule has 0 spiro atoms. The van der Waals surface area contributed by atoms with Crippen molar-refractivity contribution in [1.29, 1.82) is 0 Å². The Balaban J connectivity index is 2.06. The lowest BCUT2D eigenvalue weighted by Gasteiger charge is -2.18. The lowest BCUT2D eigenvalue weighted by Crippen LogP contribution is -2.30. The van der Waals surface area contributed by atoms with E-state index in [1.807, 2.05) is 6.92 Å². The second-order valence-corrected chi connectivity index (χ2v) is 8.15. The summed E-state index contributed by atoms with van der Waals surface area (Å²) in [6, 6.07) is 11.5. The number of nitrogens with zero attached hydrogens (tertiary/aromatic N) is 1. The fourth-order valence-corrected chi connectivity index (χ4v) is 4.32. The molecule has 0 atom stereocenters. The summed E-state index contributed by atoms with van der Waals surface area (Å²) < 4.78 is 37.2. The molecule has 0 aliphatic heterocycles. The number of benzene rings is 2. The molecule has 7 nitrogen and oxygen atoms in total. The number of ether oxygens (including phenoxy) is 2. The first-order valence-electron chi connectivity index (χ1n) is 9.55. The highest BCUT2D eigenvalue weighted by Crippen LogP contribution is 2.28. The van der Waals surface area contributed by atoms with Crippen molar-refractivity contribution in [2.45, 2.75) is 32.2 Å². The van der Waals surface area contributed by atoms with E-state index in [0.29, 0.717) is 36.8 Å². The predicted molar refractivity (Wildman–Crippen MR) is 112 cm³/mol. The lowest BCUT2D eigenvalue weighted by molar-refractivity contribution is 0.0950. The third-order valence-electron chi connectivity index (χ3n) is 4.45. The molecule has 0 unspecified atom stereocenters. The maximum absolute atomic E-state index is 12.5. The van der Waals surface area contributed by atoms with Gasteiger partial charge in [0.2, 0.25) is 10.0 Å². The van der Waals surface area contributed by atoms with E-state index in [1.165, 1.54) is 11.4 Å². The average molecular weight is 421 g/mol. The molecule has 0 saturated heterocycles. The van der Waals surface area contributed by atoms with E-state index in [1.54, 1.807) is 56.3 Å². The molecule has 1 N–H and O–H groups in total. The van der Waals surface area contributed by atoms with Crippen LogP contribution in [0.25, 0.3) is 0 Å². The number of carbonyl (C=O) groups excluding carboxylic acids is 1. The van der Waals surface area contributed by atoms with Crippen molar-refractivity contribution < 1.29 is 22.7 Å².